The third-order valence-corrected chi connectivity index (χ3v) is 4.41. The Morgan fingerprint density at radius 2 is 2.10 bits per heavy atom. The maximum absolute atomic E-state index is 12.3. The molecule has 0 unspecified atom stereocenters. The van der Waals surface area contributed by atoms with Crippen molar-refractivity contribution in [2.45, 2.75) is 58.9 Å². The van der Waals surface area contributed by atoms with Gasteiger partial charge >= 0.3 is 0 Å². The quantitative estimate of drug-likeness (QED) is 0.829. The van der Waals surface area contributed by atoms with Crippen molar-refractivity contribution in [1.82, 2.24) is 14.5 Å². The van der Waals surface area contributed by atoms with Crippen LogP contribution in [-0.4, -0.2) is 33.4 Å². The number of carbonyl (C=O) groups excluding carboxylic acids is 1. The molecule has 1 amide bonds. The van der Waals surface area contributed by atoms with E-state index in [0.717, 1.165) is 31.3 Å². The van der Waals surface area contributed by atoms with Gasteiger partial charge in [-0.2, -0.15) is 0 Å². The zero-order valence-electron chi connectivity index (χ0n) is 13.0. The standard InChI is InChI=1S/C16H27N3O/c1-4-14-7-10-18(11-8-14)16(20)6-5-15-17-9-12-19(15)13(2)3/h9,12-14H,4-8,10-11H2,1-3H3. The van der Waals surface area contributed by atoms with Gasteiger partial charge in [0.05, 0.1) is 0 Å². The molecule has 0 aliphatic carbocycles. The Labute approximate surface area is 122 Å². The van der Waals surface area contributed by atoms with Crippen LogP contribution >= 0.6 is 0 Å². The second-order valence-corrected chi connectivity index (χ2v) is 6.08. The molecule has 2 heterocycles. The Balaban J connectivity index is 1.82. The Bertz CT molecular complexity index is 431. The summed E-state index contributed by atoms with van der Waals surface area (Å²) in [5.41, 5.74) is 0. The molecule has 1 fully saturated rings. The van der Waals surface area contributed by atoms with Gasteiger partial charge < -0.3 is 9.47 Å². The minimum atomic E-state index is 0.290. The number of rotatable bonds is 5. The summed E-state index contributed by atoms with van der Waals surface area (Å²) in [6.45, 7) is 8.41. The Morgan fingerprint density at radius 1 is 1.40 bits per heavy atom. The third kappa shape index (κ3) is 3.62. The van der Waals surface area contributed by atoms with Gasteiger partial charge in [-0.05, 0) is 32.6 Å². The van der Waals surface area contributed by atoms with Gasteiger partial charge in [0.1, 0.15) is 5.82 Å². The van der Waals surface area contributed by atoms with Crippen LogP contribution < -0.4 is 0 Å². The zero-order valence-corrected chi connectivity index (χ0v) is 13.0. The number of piperidine rings is 1. The first-order valence-corrected chi connectivity index (χ1v) is 7.91. The number of carbonyl (C=O) groups is 1. The van der Waals surface area contributed by atoms with E-state index in [-0.39, 0.29) is 5.91 Å². The highest BCUT2D eigenvalue weighted by atomic mass is 16.2. The molecular formula is C16H27N3O. The number of hydrogen-bond acceptors (Lipinski definition) is 2. The topological polar surface area (TPSA) is 38.1 Å². The molecule has 0 N–H and O–H groups in total. The minimum absolute atomic E-state index is 0.290. The predicted octanol–water partition coefficient (Wildman–Crippen LogP) is 3.05. The van der Waals surface area contributed by atoms with Crippen LogP contribution in [0.4, 0.5) is 0 Å². The molecule has 4 heteroatoms. The van der Waals surface area contributed by atoms with Crippen molar-refractivity contribution in [3.8, 4) is 0 Å². The minimum Gasteiger partial charge on any atom is -0.343 e. The van der Waals surface area contributed by atoms with Crippen LogP contribution in [0.1, 0.15) is 58.3 Å². The highest BCUT2D eigenvalue weighted by Crippen LogP contribution is 2.20. The van der Waals surface area contributed by atoms with Gasteiger partial charge in [0.2, 0.25) is 5.91 Å². The smallest absolute Gasteiger partial charge is 0.223 e. The second-order valence-electron chi connectivity index (χ2n) is 6.08. The van der Waals surface area contributed by atoms with Crippen LogP contribution in [0.25, 0.3) is 0 Å². The van der Waals surface area contributed by atoms with Crippen molar-refractivity contribution >= 4 is 5.91 Å². The van der Waals surface area contributed by atoms with Crippen molar-refractivity contribution in [1.29, 1.82) is 0 Å². The third-order valence-electron chi connectivity index (χ3n) is 4.41. The Kier molecular flexibility index (Phi) is 5.21. The van der Waals surface area contributed by atoms with E-state index in [1.54, 1.807) is 0 Å². The highest BCUT2D eigenvalue weighted by Gasteiger charge is 2.21. The van der Waals surface area contributed by atoms with Crippen molar-refractivity contribution < 1.29 is 4.79 Å². The van der Waals surface area contributed by atoms with Crippen molar-refractivity contribution in [2.24, 2.45) is 5.92 Å². The van der Waals surface area contributed by atoms with Crippen molar-refractivity contribution in [2.75, 3.05) is 13.1 Å². The van der Waals surface area contributed by atoms with Gasteiger partial charge in [0.25, 0.3) is 0 Å². The molecule has 1 aliphatic heterocycles. The second kappa shape index (κ2) is 6.91. The van der Waals surface area contributed by atoms with Crippen LogP contribution in [-0.2, 0) is 11.2 Å². The summed E-state index contributed by atoms with van der Waals surface area (Å²) in [7, 11) is 0. The van der Waals surface area contributed by atoms with Crippen LogP contribution in [0.5, 0.6) is 0 Å². The summed E-state index contributed by atoms with van der Waals surface area (Å²) < 4.78 is 2.15. The predicted molar refractivity (Wildman–Crippen MR) is 80.5 cm³/mol. The lowest BCUT2D eigenvalue weighted by molar-refractivity contribution is -0.132. The average molecular weight is 277 g/mol. The summed E-state index contributed by atoms with van der Waals surface area (Å²) in [5.74, 6) is 2.13. The van der Waals surface area contributed by atoms with Gasteiger partial charge in [0.15, 0.2) is 0 Å². The van der Waals surface area contributed by atoms with E-state index in [1.807, 2.05) is 17.3 Å². The van der Waals surface area contributed by atoms with Crippen LogP contribution in [0.3, 0.4) is 0 Å². The molecule has 0 saturated carbocycles. The Hall–Kier alpha value is -1.32. The lowest BCUT2D eigenvalue weighted by Crippen LogP contribution is -2.38. The van der Waals surface area contributed by atoms with E-state index in [0.29, 0.717) is 12.5 Å². The molecule has 0 radical (unpaired) electrons. The molecule has 0 atom stereocenters. The maximum Gasteiger partial charge on any atom is 0.223 e. The molecule has 20 heavy (non-hydrogen) atoms. The largest absolute Gasteiger partial charge is 0.343 e. The molecule has 1 aromatic rings. The number of aromatic nitrogens is 2. The van der Waals surface area contributed by atoms with Gasteiger partial charge in [-0.25, -0.2) is 4.98 Å². The zero-order chi connectivity index (χ0) is 14.5. The van der Waals surface area contributed by atoms with Crippen LogP contribution in [0.2, 0.25) is 0 Å². The Morgan fingerprint density at radius 3 is 2.70 bits per heavy atom. The van der Waals surface area contributed by atoms with E-state index in [9.17, 15) is 4.79 Å². The van der Waals surface area contributed by atoms with Gasteiger partial charge in [-0.1, -0.05) is 13.3 Å². The fourth-order valence-electron chi connectivity index (χ4n) is 2.98. The molecular weight excluding hydrogens is 250 g/mol. The maximum atomic E-state index is 12.3. The molecule has 0 spiro atoms. The van der Waals surface area contributed by atoms with Crippen LogP contribution in [0.15, 0.2) is 12.4 Å². The number of hydrogen-bond donors (Lipinski definition) is 0. The molecule has 2 rings (SSSR count). The molecule has 0 bridgehead atoms. The summed E-state index contributed by atoms with van der Waals surface area (Å²) in [5, 5.41) is 0. The van der Waals surface area contributed by atoms with E-state index in [1.165, 1.54) is 19.3 Å². The monoisotopic (exact) mass is 277 g/mol. The normalized spacial score (nSPS) is 16.9. The van der Waals surface area contributed by atoms with E-state index < -0.39 is 0 Å². The van der Waals surface area contributed by atoms with Gasteiger partial charge in [0, 0.05) is 44.4 Å². The lowest BCUT2D eigenvalue weighted by Gasteiger charge is -2.31. The molecule has 0 aromatic carbocycles. The van der Waals surface area contributed by atoms with Gasteiger partial charge in [-0.15, -0.1) is 0 Å². The van der Waals surface area contributed by atoms with Gasteiger partial charge in [-0.3, -0.25) is 4.79 Å². The molecule has 4 nitrogen and oxygen atoms in total. The summed E-state index contributed by atoms with van der Waals surface area (Å²) in [6, 6.07) is 0.405. The van der Waals surface area contributed by atoms with E-state index in [4.69, 9.17) is 0 Å². The molecule has 1 aliphatic rings. The van der Waals surface area contributed by atoms with Crippen LogP contribution in [0, 0.1) is 5.92 Å². The lowest BCUT2D eigenvalue weighted by atomic mass is 9.94. The molecule has 112 valence electrons. The summed E-state index contributed by atoms with van der Waals surface area (Å²) in [4.78, 5) is 18.7. The highest BCUT2D eigenvalue weighted by molar-refractivity contribution is 5.76. The average Bonchev–Trinajstić information content (AvgIpc) is 2.93. The van der Waals surface area contributed by atoms with E-state index in [2.05, 4.69) is 30.3 Å². The first kappa shape index (κ1) is 15.1. The summed E-state index contributed by atoms with van der Waals surface area (Å²) in [6.07, 6.45) is 8.74. The number of nitrogens with zero attached hydrogens (tertiary/aromatic N) is 3. The number of likely N-dealkylation sites (tertiary alicyclic amines) is 1. The van der Waals surface area contributed by atoms with Crippen molar-refractivity contribution in [3.63, 3.8) is 0 Å². The molecule has 1 aromatic heterocycles. The summed E-state index contributed by atoms with van der Waals surface area (Å²) >= 11 is 0. The van der Waals surface area contributed by atoms with E-state index >= 15 is 0 Å². The fraction of sp³-hybridized carbons (Fsp3) is 0.750. The SMILES string of the molecule is CCC1CCN(C(=O)CCc2nccn2C(C)C)CC1. The number of imidazole rings is 1. The first-order chi connectivity index (χ1) is 9.61. The number of amides is 1. The van der Waals surface area contributed by atoms with Crippen molar-refractivity contribution in [3.05, 3.63) is 18.2 Å². The molecule has 1 saturated heterocycles. The fourth-order valence-corrected chi connectivity index (χ4v) is 2.98. The first-order valence-electron chi connectivity index (χ1n) is 7.91. The number of aryl methyl sites for hydroxylation is 1.